The molecule has 0 aromatic carbocycles. The van der Waals surface area contributed by atoms with E-state index in [1.54, 1.807) is 0 Å². The molecule has 0 unspecified atom stereocenters. The average molecular weight is 141 g/mol. The predicted molar refractivity (Wildman–Crippen MR) is 42.7 cm³/mol. The van der Waals surface area contributed by atoms with E-state index in [4.69, 9.17) is 5.73 Å². The molecule has 2 nitrogen and oxygen atoms in total. The number of rotatable bonds is 5. The summed E-state index contributed by atoms with van der Waals surface area (Å²) in [5, 5.41) is 0. The van der Waals surface area contributed by atoms with Gasteiger partial charge in [-0.25, -0.2) is 0 Å². The van der Waals surface area contributed by atoms with Crippen LogP contribution in [-0.4, -0.2) is 12.8 Å². The minimum absolute atomic E-state index is 0.626. The summed E-state index contributed by atoms with van der Waals surface area (Å²) in [7, 11) is 0. The van der Waals surface area contributed by atoms with Crippen molar-refractivity contribution >= 4 is 6.29 Å². The van der Waals surface area contributed by atoms with Crippen LogP contribution in [0.25, 0.3) is 0 Å². The first-order chi connectivity index (χ1) is 4.85. The largest absolute Gasteiger partial charge is 0.330 e. The maximum atomic E-state index is 10.3. The van der Waals surface area contributed by atoms with Crippen LogP contribution in [0.3, 0.4) is 0 Å². The molecule has 2 N–H and O–H groups in total. The molecule has 0 spiro atoms. The van der Waals surface area contributed by atoms with Crippen LogP contribution in [0.2, 0.25) is 0 Å². The summed E-state index contributed by atoms with van der Waals surface area (Å²) in [5.74, 6) is 0. The molecule has 0 aliphatic heterocycles. The first kappa shape index (κ1) is 9.37. The van der Waals surface area contributed by atoms with Crippen LogP contribution in [0, 0.1) is 0 Å². The number of hydrogen-bond donors (Lipinski definition) is 1. The first-order valence-electron chi connectivity index (χ1n) is 3.69. The summed E-state index contributed by atoms with van der Waals surface area (Å²) < 4.78 is 0. The average Bonchev–Trinajstić information content (AvgIpc) is 1.98. The molecule has 0 amide bonds. The maximum Gasteiger partial charge on any atom is 0.145 e. The molecule has 58 valence electrons. The van der Waals surface area contributed by atoms with Crippen molar-refractivity contribution in [1.29, 1.82) is 0 Å². The van der Waals surface area contributed by atoms with Crippen molar-refractivity contribution in [2.24, 2.45) is 5.73 Å². The van der Waals surface area contributed by atoms with Crippen molar-refractivity contribution in [2.45, 2.75) is 26.2 Å². The van der Waals surface area contributed by atoms with Crippen LogP contribution < -0.4 is 5.73 Å². The third kappa shape index (κ3) is 4.27. The zero-order chi connectivity index (χ0) is 7.82. The fraction of sp³-hybridized carbons (Fsp3) is 0.625. The molecule has 0 fully saturated rings. The fourth-order valence-electron chi connectivity index (χ4n) is 0.767. The zero-order valence-electron chi connectivity index (χ0n) is 6.47. The summed E-state index contributed by atoms with van der Waals surface area (Å²) >= 11 is 0. The molecular weight excluding hydrogens is 126 g/mol. The smallest absolute Gasteiger partial charge is 0.145 e. The summed E-state index contributed by atoms with van der Waals surface area (Å²) in [4.78, 5) is 10.3. The fourth-order valence-corrected chi connectivity index (χ4v) is 0.767. The Labute approximate surface area is 62.1 Å². The number of carbonyl (C=O) groups excluding carboxylic acids is 1. The molecule has 0 aromatic rings. The molecule has 2 heteroatoms. The Morgan fingerprint density at radius 1 is 1.60 bits per heavy atom. The van der Waals surface area contributed by atoms with Crippen LogP contribution >= 0.6 is 0 Å². The lowest BCUT2D eigenvalue weighted by Crippen LogP contribution is -1.96. The number of allylic oxidation sites excluding steroid dienone is 1. The van der Waals surface area contributed by atoms with E-state index in [2.05, 4.69) is 6.92 Å². The Kier molecular flexibility index (Phi) is 6.08. The molecule has 0 aromatic heterocycles. The van der Waals surface area contributed by atoms with Crippen LogP contribution in [0.4, 0.5) is 0 Å². The number of hydrogen-bond acceptors (Lipinski definition) is 2. The summed E-state index contributed by atoms with van der Waals surface area (Å²) in [5.41, 5.74) is 6.15. The van der Waals surface area contributed by atoms with Gasteiger partial charge < -0.3 is 5.73 Å². The van der Waals surface area contributed by atoms with E-state index in [1.165, 1.54) is 0 Å². The van der Waals surface area contributed by atoms with E-state index in [0.29, 0.717) is 6.54 Å². The Morgan fingerprint density at radius 3 is 2.70 bits per heavy atom. The highest BCUT2D eigenvalue weighted by atomic mass is 16.1. The lowest BCUT2D eigenvalue weighted by Gasteiger charge is -1.93. The van der Waals surface area contributed by atoms with E-state index in [-0.39, 0.29) is 0 Å². The summed E-state index contributed by atoms with van der Waals surface area (Å²) in [6.45, 7) is 2.68. The van der Waals surface area contributed by atoms with Gasteiger partial charge in [-0.2, -0.15) is 0 Å². The van der Waals surface area contributed by atoms with Crippen molar-refractivity contribution < 1.29 is 4.79 Å². The molecule has 0 saturated carbocycles. The standard InChI is InChI=1S/C8H15NO/c1-2-4-8(7-10)5-3-6-9/h5,7H,2-4,6,9H2,1H3/b8-5+. The van der Waals surface area contributed by atoms with Crippen LogP contribution in [0.1, 0.15) is 26.2 Å². The second-order valence-electron chi connectivity index (χ2n) is 2.22. The van der Waals surface area contributed by atoms with Crippen LogP contribution in [0.5, 0.6) is 0 Å². The molecule has 0 aliphatic carbocycles. The van der Waals surface area contributed by atoms with E-state index in [1.807, 2.05) is 6.08 Å². The molecule has 0 saturated heterocycles. The topological polar surface area (TPSA) is 43.1 Å². The van der Waals surface area contributed by atoms with Gasteiger partial charge in [-0.15, -0.1) is 0 Å². The third-order valence-corrected chi connectivity index (χ3v) is 1.26. The quantitative estimate of drug-likeness (QED) is 0.462. The first-order valence-corrected chi connectivity index (χ1v) is 3.69. The molecule has 10 heavy (non-hydrogen) atoms. The van der Waals surface area contributed by atoms with Gasteiger partial charge in [0.25, 0.3) is 0 Å². The Hall–Kier alpha value is -0.630. The number of aldehydes is 1. The van der Waals surface area contributed by atoms with Crippen LogP contribution in [0.15, 0.2) is 11.6 Å². The van der Waals surface area contributed by atoms with E-state index >= 15 is 0 Å². The molecule has 0 bridgehead atoms. The highest BCUT2D eigenvalue weighted by molar-refractivity contribution is 5.72. The number of nitrogens with two attached hydrogens (primary N) is 1. The number of carbonyl (C=O) groups is 1. The third-order valence-electron chi connectivity index (χ3n) is 1.26. The van der Waals surface area contributed by atoms with Crippen molar-refractivity contribution in [3.63, 3.8) is 0 Å². The molecule has 0 aliphatic rings. The SMILES string of the molecule is CCC/C(C=O)=C\CCN. The summed E-state index contributed by atoms with van der Waals surface area (Å²) in [6.07, 6.45) is 5.54. The van der Waals surface area contributed by atoms with Gasteiger partial charge in [-0.3, -0.25) is 4.79 Å². The lowest BCUT2D eigenvalue weighted by atomic mass is 10.1. The zero-order valence-corrected chi connectivity index (χ0v) is 6.47. The summed E-state index contributed by atoms with van der Waals surface area (Å²) in [6, 6.07) is 0. The molecule has 0 rings (SSSR count). The van der Waals surface area contributed by atoms with Gasteiger partial charge in [0.15, 0.2) is 0 Å². The predicted octanol–water partition coefficient (Wildman–Crippen LogP) is 1.26. The lowest BCUT2D eigenvalue weighted by molar-refractivity contribution is -0.105. The van der Waals surface area contributed by atoms with E-state index in [9.17, 15) is 4.79 Å². The van der Waals surface area contributed by atoms with Crippen molar-refractivity contribution in [1.82, 2.24) is 0 Å². The van der Waals surface area contributed by atoms with Gasteiger partial charge in [-0.05, 0) is 25.0 Å². The minimum Gasteiger partial charge on any atom is -0.330 e. The molecule has 0 atom stereocenters. The van der Waals surface area contributed by atoms with Gasteiger partial charge in [0, 0.05) is 0 Å². The second-order valence-corrected chi connectivity index (χ2v) is 2.22. The Balaban J connectivity index is 3.66. The highest BCUT2D eigenvalue weighted by Crippen LogP contribution is 2.01. The second kappa shape index (κ2) is 6.49. The van der Waals surface area contributed by atoms with Crippen molar-refractivity contribution in [2.75, 3.05) is 6.54 Å². The van der Waals surface area contributed by atoms with Crippen molar-refractivity contribution in [3.8, 4) is 0 Å². The van der Waals surface area contributed by atoms with Gasteiger partial charge >= 0.3 is 0 Å². The van der Waals surface area contributed by atoms with Gasteiger partial charge in [0.2, 0.25) is 0 Å². The van der Waals surface area contributed by atoms with Crippen molar-refractivity contribution in [3.05, 3.63) is 11.6 Å². The van der Waals surface area contributed by atoms with Crippen LogP contribution in [-0.2, 0) is 4.79 Å². The minimum atomic E-state index is 0.626. The Morgan fingerprint density at radius 2 is 2.30 bits per heavy atom. The normalized spacial score (nSPS) is 11.6. The van der Waals surface area contributed by atoms with Gasteiger partial charge in [-0.1, -0.05) is 19.4 Å². The van der Waals surface area contributed by atoms with Gasteiger partial charge in [0.1, 0.15) is 6.29 Å². The molecular formula is C8H15NO. The van der Waals surface area contributed by atoms with E-state index in [0.717, 1.165) is 31.1 Å². The van der Waals surface area contributed by atoms with Gasteiger partial charge in [0.05, 0.1) is 0 Å². The molecule has 0 heterocycles. The Bertz CT molecular complexity index is 118. The monoisotopic (exact) mass is 141 g/mol. The maximum absolute atomic E-state index is 10.3. The highest BCUT2D eigenvalue weighted by Gasteiger charge is 1.90. The van der Waals surface area contributed by atoms with E-state index < -0.39 is 0 Å². The molecule has 0 radical (unpaired) electrons.